The van der Waals surface area contributed by atoms with Gasteiger partial charge in [0.25, 0.3) is 0 Å². The van der Waals surface area contributed by atoms with Crippen molar-refractivity contribution in [1.29, 1.82) is 0 Å². The van der Waals surface area contributed by atoms with Gasteiger partial charge in [0.15, 0.2) is 0 Å². The van der Waals surface area contributed by atoms with Gasteiger partial charge < -0.3 is 4.90 Å². The van der Waals surface area contributed by atoms with Crippen LogP contribution in [0.25, 0.3) is 0 Å². The fourth-order valence-corrected chi connectivity index (χ4v) is 3.33. The second-order valence-corrected chi connectivity index (χ2v) is 5.89. The first-order chi connectivity index (χ1) is 8.72. The van der Waals surface area contributed by atoms with Gasteiger partial charge in [-0.05, 0) is 74.8 Å². The highest BCUT2D eigenvalue weighted by atomic mass is 32.2. The lowest BCUT2D eigenvalue weighted by Crippen LogP contribution is -2.34. The molecule has 1 nitrogen and oxygen atoms in total. The zero-order chi connectivity index (χ0) is 13.0. The van der Waals surface area contributed by atoms with E-state index in [0.29, 0.717) is 0 Å². The number of thioether (sulfide) groups is 1. The third-order valence-electron chi connectivity index (χ3n) is 3.91. The second kappa shape index (κ2) is 6.58. The molecule has 0 aliphatic carbocycles. The quantitative estimate of drug-likeness (QED) is 0.763. The molecule has 1 saturated heterocycles. The van der Waals surface area contributed by atoms with Gasteiger partial charge >= 0.3 is 0 Å². The average Bonchev–Trinajstić information content (AvgIpc) is 2.40. The van der Waals surface area contributed by atoms with Crippen molar-refractivity contribution in [2.45, 2.75) is 31.1 Å². The van der Waals surface area contributed by atoms with Gasteiger partial charge in [-0.15, -0.1) is 11.8 Å². The third kappa shape index (κ3) is 3.48. The molecule has 1 aromatic carbocycles. The van der Waals surface area contributed by atoms with Crippen LogP contribution >= 0.6 is 11.8 Å². The molecular weight excluding hydrogens is 245 g/mol. The second-order valence-electron chi connectivity index (χ2n) is 5.04. The van der Waals surface area contributed by atoms with Gasteiger partial charge in [-0.2, -0.15) is 0 Å². The van der Waals surface area contributed by atoms with Crippen molar-refractivity contribution >= 4 is 11.8 Å². The zero-order valence-corrected chi connectivity index (χ0v) is 12.1. The molecule has 0 bridgehead atoms. The molecule has 0 saturated carbocycles. The van der Waals surface area contributed by atoms with E-state index in [2.05, 4.69) is 18.1 Å². The van der Waals surface area contributed by atoms with Gasteiger partial charge in [0.2, 0.25) is 0 Å². The molecule has 0 unspecified atom stereocenters. The molecule has 3 heteroatoms. The molecule has 100 valence electrons. The number of benzene rings is 1. The number of likely N-dealkylation sites (tertiary alicyclic amines) is 1. The van der Waals surface area contributed by atoms with Crippen LogP contribution in [0.1, 0.15) is 25.3 Å². The van der Waals surface area contributed by atoms with Gasteiger partial charge in [-0.1, -0.05) is 6.92 Å². The molecule has 1 fully saturated rings. The molecule has 1 heterocycles. The van der Waals surface area contributed by atoms with E-state index in [0.717, 1.165) is 18.9 Å². The summed E-state index contributed by atoms with van der Waals surface area (Å²) in [7, 11) is 0. The van der Waals surface area contributed by atoms with Crippen LogP contribution in [-0.2, 0) is 6.42 Å². The number of piperidine rings is 1. The normalized spacial score (nSPS) is 18.2. The van der Waals surface area contributed by atoms with Crippen molar-refractivity contribution in [1.82, 2.24) is 4.90 Å². The van der Waals surface area contributed by atoms with Crippen molar-refractivity contribution in [2.75, 3.05) is 25.9 Å². The fraction of sp³-hybridized carbons (Fsp3) is 0.600. The van der Waals surface area contributed by atoms with E-state index in [4.69, 9.17) is 0 Å². The maximum absolute atomic E-state index is 13.3. The number of rotatable bonds is 4. The average molecular weight is 267 g/mol. The van der Waals surface area contributed by atoms with Crippen LogP contribution in [0.4, 0.5) is 4.39 Å². The van der Waals surface area contributed by atoms with Crippen LogP contribution in [0.5, 0.6) is 0 Å². The molecule has 0 amide bonds. The first kappa shape index (κ1) is 13.9. The minimum absolute atomic E-state index is 0.103. The molecular formula is C15H22FNS. The summed E-state index contributed by atoms with van der Waals surface area (Å²) in [5.74, 6) is 0.620. The number of halogens is 1. The Balaban J connectivity index is 1.99. The van der Waals surface area contributed by atoms with E-state index in [1.165, 1.54) is 36.4 Å². The molecule has 1 aromatic rings. The largest absolute Gasteiger partial charge is 0.304 e. The summed E-state index contributed by atoms with van der Waals surface area (Å²) in [6.45, 7) is 5.78. The molecule has 0 aromatic heterocycles. The number of hydrogen-bond acceptors (Lipinski definition) is 2. The van der Waals surface area contributed by atoms with Crippen molar-refractivity contribution < 1.29 is 4.39 Å². The van der Waals surface area contributed by atoms with Gasteiger partial charge in [0.05, 0.1) is 0 Å². The van der Waals surface area contributed by atoms with E-state index in [-0.39, 0.29) is 5.82 Å². The lowest BCUT2D eigenvalue weighted by Gasteiger charge is -2.31. The monoisotopic (exact) mass is 267 g/mol. The van der Waals surface area contributed by atoms with Gasteiger partial charge in [0, 0.05) is 4.90 Å². The van der Waals surface area contributed by atoms with Crippen LogP contribution in [0.15, 0.2) is 23.1 Å². The van der Waals surface area contributed by atoms with Crippen molar-refractivity contribution in [3.05, 3.63) is 29.6 Å². The maximum Gasteiger partial charge on any atom is 0.123 e. The minimum atomic E-state index is -0.103. The predicted molar refractivity (Wildman–Crippen MR) is 76.7 cm³/mol. The summed E-state index contributed by atoms with van der Waals surface area (Å²) >= 11 is 1.72. The Morgan fingerprint density at radius 2 is 2.06 bits per heavy atom. The number of hydrogen-bond donors (Lipinski definition) is 0. The molecule has 0 radical (unpaired) electrons. The summed E-state index contributed by atoms with van der Waals surface area (Å²) in [6, 6.07) is 5.20. The van der Waals surface area contributed by atoms with Crippen LogP contribution in [0.2, 0.25) is 0 Å². The first-order valence-electron chi connectivity index (χ1n) is 6.77. The lowest BCUT2D eigenvalue weighted by molar-refractivity contribution is 0.192. The van der Waals surface area contributed by atoms with Gasteiger partial charge in [-0.25, -0.2) is 4.39 Å². The van der Waals surface area contributed by atoms with Crippen LogP contribution in [-0.4, -0.2) is 30.8 Å². The lowest BCUT2D eigenvalue weighted by atomic mass is 9.90. The highest BCUT2D eigenvalue weighted by molar-refractivity contribution is 7.98. The predicted octanol–water partition coefficient (Wildman–Crippen LogP) is 3.82. The molecule has 0 N–H and O–H groups in total. The van der Waals surface area contributed by atoms with Crippen molar-refractivity contribution in [3.8, 4) is 0 Å². The Kier molecular flexibility index (Phi) is 5.07. The summed E-state index contributed by atoms with van der Waals surface area (Å²) in [5, 5.41) is 0. The van der Waals surface area contributed by atoms with Crippen molar-refractivity contribution in [2.24, 2.45) is 5.92 Å². The Labute approximate surface area is 114 Å². The van der Waals surface area contributed by atoms with Gasteiger partial charge in [0.1, 0.15) is 5.82 Å². The summed E-state index contributed by atoms with van der Waals surface area (Å²) < 4.78 is 13.3. The Hall–Kier alpha value is -0.540. The van der Waals surface area contributed by atoms with E-state index >= 15 is 0 Å². The standard InChI is InChI=1S/C15H22FNS/c1-3-17-8-6-12(7-9-17)10-13-11-14(16)4-5-15(13)18-2/h4-5,11-12H,3,6-10H2,1-2H3. The summed E-state index contributed by atoms with van der Waals surface area (Å²) in [4.78, 5) is 3.73. The molecule has 18 heavy (non-hydrogen) atoms. The highest BCUT2D eigenvalue weighted by Crippen LogP contribution is 2.27. The number of nitrogens with zero attached hydrogens (tertiary/aromatic N) is 1. The third-order valence-corrected chi connectivity index (χ3v) is 4.74. The Morgan fingerprint density at radius 1 is 1.33 bits per heavy atom. The summed E-state index contributed by atoms with van der Waals surface area (Å²) in [5.41, 5.74) is 1.19. The molecule has 2 rings (SSSR count). The SMILES string of the molecule is CCN1CCC(Cc2cc(F)ccc2SC)CC1. The highest BCUT2D eigenvalue weighted by Gasteiger charge is 2.19. The molecule has 1 aliphatic heterocycles. The molecule has 0 atom stereocenters. The smallest absolute Gasteiger partial charge is 0.123 e. The Bertz CT molecular complexity index is 386. The first-order valence-corrected chi connectivity index (χ1v) is 8.00. The fourth-order valence-electron chi connectivity index (χ4n) is 2.72. The Morgan fingerprint density at radius 3 is 2.67 bits per heavy atom. The van der Waals surface area contributed by atoms with E-state index in [9.17, 15) is 4.39 Å². The van der Waals surface area contributed by atoms with Crippen molar-refractivity contribution in [3.63, 3.8) is 0 Å². The van der Waals surface area contributed by atoms with E-state index < -0.39 is 0 Å². The van der Waals surface area contributed by atoms with Crippen LogP contribution < -0.4 is 0 Å². The van der Waals surface area contributed by atoms with Gasteiger partial charge in [-0.3, -0.25) is 0 Å². The van der Waals surface area contributed by atoms with E-state index in [1.807, 2.05) is 6.07 Å². The minimum Gasteiger partial charge on any atom is -0.304 e. The topological polar surface area (TPSA) is 3.24 Å². The molecule has 1 aliphatic rings. The zero-order valence-electron chi connectivity index (χ0n) is 11.3. The van der Waals surface area contributed by atoms with Crippen LogP contribution in [0.3, 0.4) is 0 Å². The maximum atomic E-state index is 13.3. The van der Waals surface area contributed by atoms with E-state index in [1.54, 1.807) is 23.9 Å². The summed E-state index contributed by atoms with van der Waals surface area (Å²) in [6.07, 6.45) is 5.60. The van der Waals surface area contributed by atoms with Crippen LogP contribution in [0, 0.1) is 11.7 Å². The molecule has 0 spiro atoms.